The Morgan fingerprint density at radius 2 is 2.25 bits per heavy atom. The number of hydrogen-bond acceptors (Lipinski definition) is 3. The van der Waals surface area contributed by atoms with E-state index in [9.17, 15) is 0 Å². The number of imidazole rings is 1. The van der Waals surface area contributed by atoms with Crippen LogP contribution in [0.4, 0.5) is 0 Å². The van der Waals surface area contributed by atoms with E-state index in [0.29, 0.717) is 12.0 Å². The quantitative estimate of drug-likeness (QED) is 0.818. The molecule has 1 aliphatic heterocycles. The maximum absolute atomic E-state index is 5.36. The van der Waals surface area contributed by atoms with E-state index in [4.69, 9.17) is 4.74 Å². The van der Waals surface area contributed by atoms with E-state index >= 15 is 0 Å². The van der Waals surface area contributed by atoms with E-state index < -0.39 is 0 Å². The van der Waals surface area contributed by atoms with Crippen molar-refractivity contribution in [1.29, 1.82) is 0 Å². The van der Waals surface area contributed by atoms with Crippen molar-refractivity contribution >= 4 is 0 Å². The smallest absolute Gasteiger partial charge is 0.120 e. The van der Waals surface area contributed by atoms with E-state index in [-0.39, 0.29) is 0 Å². The van der Waals surface area contributed by atoms with Gasteiger partial charge in [0.2, 0.25) is 0 Å². The number of aromatic amines is 1. The first-order valence-corrected chi connectivity index (χ1v) is 6.10. The molecule has 1 saturated heterocycles. The largest absolute Gasteiger partial charge is 0.381 e. The molecular formula is C12H21N3O. The average Bonchev–Trinajstić information content (AvgIpc) is 2.76. The molecule has 0 saturated carbocycles. The lowest BCUT2D eigenvalue weighted by molar-refractivity contribution is 0.0845. The van der Waals surface area contributed by atoms with Crippen LogP contribution < -0.4 is 5.32 Å². The number of hydrogen-bond donors (Lipinski definition) is 2. The highest BCUT2D eigenvalue weighted by molar-refractivity contribution is 5.08. The first kappa shape index (κ1) is 11.6. The van der Waals surface area contributed by atoms with Crippen LogP contribution in [0.1, 0.15) is 44.1 Å². The molecule has 0 atom stereocenters. The van der Waals surface area contributed by atoms with Crippen LogP contribution in [0, 0.1) is 0 Å². The second-order valence-corrected chi connectivity index (χ2v) is 4.71. The topological polar surface area (TPSA) is 49.9 Å². The molecule has 0 spiro atoms. The van der Waals surface area contributed by atoms with E-state index in [1.54, 1.807) is 0 Å². The highest BCUT2D eigenvalue weighted by Gasteiger charge is 2.17. The van der Waals surface area contributed by atoms with Gasteiger partial charge in [0.15, 0.2) is 0 Å². The molecule has 0 aliphatic carbocycles. The van der Waals surface area contributed by atoms with E-state index in [2.05, 4.69) is 29.1 Å². The summed E-state index contributed by atoms with van der Waals surface area (Å²) in [5.41, 5.74) is 1.27. The molecule has 2 N–H and O–H groups in total. The minimum Gasteiger partial charge on any atom is -0.381 e. The SMILES string of the molecule is CC(C)NCc1ncc(C2CCOCC2)[nH]1. The van der Waals surface area contributed by atoms with Gasteiger partial charge in [-0.1, -0.05) is 13.8 Å². The summed E-state index contributed by atoms with van der Waals surface area (Å²) in [4.78, 5) is 7.81. The van der Waals surface area contributed by atoms with Gasteiger partial charge in [0, 0.05) is 37.1 Å². The molecule has 0 unspecified atom stereocenters. The van der Waals surface area contributed by atoms with Crippen molar-refractivity contribution in [3.63, 3.8) is 0 Å². The maximum Gasteiger partial charge on any atom is 0.120 e. The van der Waals surface area contributed by atoms with Crippen LogP contribution in [0.5, 0.6) is 0 Å². The third-order valence-electron chi connectivity index (χ3n) is 2.99. The van der Waals surface area contributed by atoms with Gasteiger partial charge in [0.1, 0.15) is 5.82 Å². The number of nitrogens with zero attached hydrogens (tertiary/aromatic N) is 1. The van der Waals surface area contributed by atoms with Crippen molar-refractivity contribution in [2.24, 2.45) is 0 Å². The summed E-state index contributed by atoms with van der Waals surface area (Å²) in [6, 6.07) is 0.497. The highest BCUT2D eigenvalue weighted by atomic mass is 16.5. The number of H-pyrrole nitrogens is 1. The fraction of sp³-hybridized carbons (Fsp3) is 0.750. The van der Waals surface area contributed by atoms with E-state index in [1.807, 2.05) is 6.20 Å². The van der Waals surface area contributed by atoms with Crippen molar-refractivity contribution < 1.29 is 4.74 Å². The van der Waals surface area contributed by atoms with Crippen molar-refractivity contribution in [2.45, 2.75) is 45.2 Å². The zero-order chi connectivity index (χ0) is 11.4. The third kappa shape index (κ3) is 3.06. The van der Waals surface area contributed by atoms with Gasteiger partial charge in [-0.25, -0.2) is 4.98 Å². The molecule has 0 amide bonds. The summed E-state index contributed by atoms with van der Waals surface area (Å²) in [5, 5.41) is 3.36. The summed E-state index contributed by atoms with van der Waals surface area (Å²) in [6.45, 7) is 6.86. The first-order chi connectivity index (χ1) is 7.75. The Hall–Kier alpha value is -0.870. The molecule has 2 heterocycles. The molecule has 0 aromatic carbocycles. The Morgan fingerprint density at radius 3 is 2.94 bits per heavy atom. The molecule has 4 heteroatoms. The minimum absolute atomic E-state index is 0.497. The van der Waals surface area contributed by atoms with Crippen LogP contribution in [-0.2, 0) is 11.3 Å². The van der Waals surface area contributed by atoms with Crippen LogP contribution in [0.15, 0.2) is 6.20 Å². The van der Waals surface area contributed by atoms with Crippen LogP contribution >= 0.6 is 0 Å². The summed E-state index contributed by atoms with van der Waals surface area (Å²) < 4.78 is 5.36. The first-order valence-electron chi connectivity index (χ1n) is 6.10. The van der Waals surface area contributed by atoms with Crippen LogP contribution in [0.2, 0.25) is 0 Å². The summed E-state index contributed by atoms with van der Waals surface area (Å²) in [6.07, 6.45) is 4.20. The number of nitrogens with one attached hydrogen (secondary N) is 2. The molecule has 2 rings (SSSR count). The molecule has 1 aromatic heterocycles. The summed E-state index contributed by atoms with van der Waals surface area (Å²) in [7, 11) is 0. The van der Waals surface area contributed by atoms with Crippen molar-refractivity contribution in [3.05, 3.63) is 17.7 Å². The van der Waals surface area contributed by atoms with Crippen molar-refractivity contribution in [3.8, 4) is 0 Å². The van der Waals surface area contributed by atoms with Gasteiger partial charge in [0.25, 0.3) is 0 Å². The second-order valence-electron chi connectivity index (χ2n) is 4.71. The fourth-order valence-electron chi connectivity index (χ4n) is 1.99. The zero-order valence-corrected chi connectivity index (χ0v) is 10.1. The van der Waals surface area contributed by atoms with Gasteiger partial charge in [-0.05, 0) is 12.8 Å². The van der Waals surface area contributed by atoms with E-state index in [1.165, 1.54) is 5.69 Å². The Bertz CT molecular complexity index is 316. The van der Waals surface area contributed by atoms with Gasteiger partial charge in [-0.2, -0.15) is 0 Å². The number of ether oxygens (including phenoxy) is 1. The number of aromatic nitrogens is 2. The molecular weight excluding hydrogens is 202 g/mol. The molecule has 1 aromatic rings. The fourth-order valence-corrected chi connectivity index (χ4v) is 1.99. The minimum atomic E-state index is 0.497. The van der Waals surface area contributed by atoms with Gasteiger partial charge in [-0.3, -0.25) is 0 Å². The molecule has 16 heavy (non-hydrogen) atoms. The third-order valence-corrected chi connectivity index (χ3v) is 2.99. The van der Waals surface area contributed by atoms with Gasteiger partial charge < -0.3 is 15.0 Å². The standard InChI is InChI=1S/C12H21N3O/c1-9(2)13-8-12-14-7-11(15-12)10-3-5-16-6-4-10/h7,9-10,13H,3-6,8H2,1-2H3,(H,14,15). The van der Waals surface area contributed by atoms with Crippen LogP contribution in [0.25, 0.3) is 0 Å². The highest BCUT2D eigenvalue weighted by Crippen LogP contribution is 2.25. The zero-order valence-electron chi connectivity index (χ0n) is 10.1. The van der Waals surface area contributed by atoms with E-state index in [0.717, 1.165) is 38.4 Å². The van der Waals surface area contributed by atoms with Crippen molar-refractivity contribution in [1.82, 2.24) is 15.3 Å². The summed E-state index contributed by atoms with van der Waals surface area (Å²) >= 11 is 0. The predicted molar refractivity (Wildman–Crippen MR) is 63.4 cm³/mol. The van der Waals surface area contributed by atoms with Gasteiger partial charge in [-0.15, -0.1) is 0 Å². The molecule has 0 radical (unpaired) electrons. The lowest BCUT2D eigenvalue weighted by Gasteiger charge is -2.20. The Balaban J connectivity index is 1.90. The molecule has 1 fully saturated rings. The summed E-state index contributed by atoms with van der Waals surface area (Å²) in [5.74, 6) is 1.64. The Morgan fingerprint density at radius 1 is 1.50 bits per heavy atom. The second kappa shape index (κ2) is 5.46. The molecule has 1 aliphatic rings. The Labute approximate surface area is 96.8 Å². The maximum atomic E-state index is 5.36. The molecule has 90 valence electrons. The lowest BCUT2D eigenvalue weighted by Crippen LogP contribution is -2.22. The molecule has 0 bridgehead atoms. The van der Waals surface area contributed by atoms with Gasteiger partial charge >= 0.3 is 0 Å². The molecule has 4 nitrogen and oxygen atoms in total. The lowest BCUT2D eigenvalue weighted by atomic mass is 9.97. The number of rotatable bonds is 4. The van der Waals surface area contributed by atoms with Crippen LogP contribution in [0.3, 0.4) is 0 Å². The Kier molecular flexibility index (Phi) is 3.96. The average molecular weight is 223 g/mol. The van der Waals surface area contributed by atoms with Gasteiger partial charge in [0.05, 0.1) is 6.54 Å². The monoisotopic (exact) mass is 223 g/mol. The normalized spacial score (nSPS) is 18.2. The van der Waals surface area contributed by atoms with Crippen LogP contribution in [-0.4, -0.2) is 29.2 Å². The predicted octanol–water partition coefficient (Wildman–Crippen LogP) is 1.80. The van der Waals surface area contributed by atoms with Crippen molar-refractivity contribution in [2.75, 3.05) is 13.2 Å².